The molecule has 1 aromatic heterocycles. The third kappa shape index (κ3) is 8.46. The van der Waals surface area contributed by atoms with Crippen LogP contribution in [0.3, 0.4) is 0 Å². The minimum atomic E-state index is -0.642. The standard InChI is InChI=1S/C87H57N/c1-5-17-58(18-6-1)60-29-33-62(34-30-60)64-37-41-66(42-38-64)68-46-51-85-81(53-68)82-54-69(67-43-39-65(40-44-67)63-35-31-61(32-36-63)59-19-7-2-8-20-59)47-52-86(82)88(85)74-48-50-79-78-49-45-71(80-55-70-21-13-14-26-75(70)76-27-15-16-28-77(76)80)56-83(78)87(84(79)57-74,72-22-9-3-10-23-72)73-24-11-4-12-25-73/h1-57H. The van der Waals surface area contributed by atoms with Crippen molar-refractivity contribution in [2.24, 2.45) is 0 Å². The average Bonchev–Trinajstić information content (AvgIpc) is 1.56. The summed E-state index contributed by atoms with van der Waals surface area (Å²) in [6.45, 7) is 0. The zero-order valence-electron chi connectivity index (χ0n) is 48.4. The third-order valence-electron chi connectivity index (χ3n) is 18.7. The normalized spacial score (nSPS) is 12.4. The van der Waals surface area contributed by atoms with Gasteiger partial charge in [-0.2, -0.15) is 0 Å². The predicted octanol–water partition coefficient (Wildman–Crippen LogP) is 23.1. The zero-order chi connectivity index (χ0) is 58.1. The van der Waals surface area contributed by atoms with Crippen molar-refractivity contribution in [2.75, 3.05) is 0 Å². The van der Waals surface area contributed by atoms with Gasteiger partial charge in [0.05, 0.1) is 16.4 Å². The molecule has 15 aromatic carbocycles. The molecule has 1 aliphatic carbocycles. The van der Waals surface area contributed by atoms with Gasteiger partial charge in [0, 0.05) is 16.5 Å². The second-order valence-electron chi connectivity index (χ2n) is 23.5. The Balaban J connectivity index is 0.819. The molecule has 88 heavy (non-hydrogen) atoms. The minimum absolute atomic E-state index is 0.642. The van der Waals surface area contributed by atoms with Gasteiger partial charge in [-0.15, -0.1) is 0 Å². The van der Waals surface area contributed by atoms with Crippen molar-refractivity contribution in [1.82, 2.24) is 4.57 Å². The molecule has 0 N–H and O–H groups in total. The highest BCUT2D eigenvalue weighted by Crippen LogP contribution is 2.58. The van der Waals surface area contributed by atoms with Crippen molar-refractivity contribution in [1.29, 1.82) is 0 Å². The van der Waals surface area contributed by atoms with Crippen LogP contribution in [0.25, 0.3) is 138 Å². The smallest absolute Gasteiger partial charge is 0.0714 e. The van der Waals surface area contributed by atoms with E-state index in [0.29, 0.717) is 0 Å². The van der Waals surface area contributed by atoms with Gasteiger partial charge in [-0.3, -0.25) is 0 Å². The maximum Gasteiger partial charge on any atom is 0.0714 e. The second-order valence-corrected chi connectivity index (χ2v) is 23.5. The summed E-state index contributed by atoms with van der Waals surface area (Å²) >= 11 is 0. The van der Waals surface area contributed by atoms with Crippen LogP contribution in [0.2, 0.25) is 0 Å². The maximum atomic E-state index is 2.51. The van der Waals surface area contributed by atoms with E-state index in [-0.39, 0.29) is 0 Å². The zero-order valence-corrected chi connectivity index (χ0v) is 48.4. The van der Waals surface area contributed by atoms with Crippen LogP contribution >= 0.6 is 0 Å². The monoisotopic (exact) mass is 1120 g/mol. The lowest BCUT2D eigenvalue weighted by molar-refractivity contribution is 0.768. The number of fused-ring (bicyclic) bond motifs is 9. The fourth-order valence-electron chi connectivity index (χ4n) is 14.4. The van der Waals surface area contributed by atoms with E-state index in [0.717, 1.165) is 16.7 Å². The quantitative estimate of drug-likeness (QED) is 0.120. The third-order valence-corrected chi connectivity index (χ3v) is 18.7. The van der Waals surface area contributed by atoms with Crippen molar-refractivity contribution in [3.63, 3.8) is 0 Å². The molecule has 0 spiro atoms. The summed E-state index contributed by atoms with van der Waals surface area (Å²) in [5.41, 5.74) is 27.2. The summed E-state index contributed by atoms with van der Waals surface area (Å²) in [6, 6.07) is 128. The molecule has 16 aromatic rings. The molecule has 0 saturated heterocycles. The van der Waals surface area contributed by atoms with Crippen LogP contribution in [-0.4, -0.2) is 4.57 Å². The molecule has 0 fully saturated rings. The lowest BCUT2D eigenvalue weighted by Gasteiger charge is -2.34. The lowest BCUT2D eigenvalue weighted by Crippen LogP contribution is -2.28. The van der Waals surface area contributed by atoms with Crippen LogP contribution in [0.5, 0.6) is 0 Å². The average molecular weight is 1120 g/mol. The summed E-state index contributed by atoms with van der Waals surface area (Å²) in [4.78, 5) is 0. The molecule has 1 aliphatic rings. The Bertz CT molecular complexity index is 5070. The summed E-state index contributed by atoms with van der Waals surface area (Å²) in [6.07, 6.45) is 0. The molecular weight excluding hydrogens is 1060 g/mol. The number of hydrogen-bond acceptors (Lipinski definition) is 0. The highest BCUT2D eigenvalue weighted by Gasteiger charge is 2.46. The molecule has 0 bridgehead atoms. The Morgan fingerprint density at radius 2 is 0.534 bits per heavy atom. The molecule has 0 radical (unpaired) electrons. The molecule has 0 atom stereocenters. The highest BCUT2D eigenvalue weighted by atomic mass is 15.0. The second kappa shape index (κ2) is 21.0. The van der Waals surface area contributed by atoms with E-state index in [4.69, 9.17) is 0 Å². The number of nitrogens with zero attached hydrogens (tertiary/aromatic N) is 1. The van der Waals surface area contributed by atoms with Crippen LogP contribution in [-0.2, 0) is 5.41 Å². The van der Waals surface area contributed by atoms with Gasteiger partial charge in [-0.1, -0.05) is 297 Å². The van der Waals surface area contributed by atoms with Gasteiger partial charge >= 0.3 is 0 Å². The van der Waals surface area contributed by atoms with E-state index in [1.807, 2.05) is 0 Å². The van der Waals surface area contributed by atoms with Gasteiger partial charge in [-0.25, -0.2) is 0 Å². The Labute approximate surface area is 513 Å². The van der Waals surface area contributed by atoms with Crippen LogP contribution in [0.1, 0.15) is 22.3 Å². The first kappa shape index (κ1) is 51.1. The summed E-state index contributed by atoms with van der Waals surface area (Å²) in [7, 11) is 0. The number of rotatable bonds is 10. The topological polar surface area (TPSA) is 4.93 Å². The molecule has 0 aliphatic heterocycles. The van der Waals surface area contributed by atoms with Crippen LogP contribution < -0.4 is 0 Å². The first-order valence-corrected chi connectivity index (χ1v) is 30.5. The minimum Gasteiger partial charge on any atom is -0.309 e. The molecule has 1 heterocycles. The first-order valence-electron chi connectivity index (χ1n) is 30.5. The fourth-order valence-corrected chi connectivity index (χ4v) is 14.4. The van der Waals surface area contributed by atoms with E-state index in [2.05, 4.69) is 350 Å². The van der Waals surface area contributed by atoms with E-state index in [1.54, 1.807) is 0 Å². The summed E-state index contributed by atoms with van der Waals surface area (Å²) in [5, 5.41) is 7.45. The van der Waals surface area contributed by atoms with Crippen molar-refractivity contribution in [3.05, 3.63) is 368 Å². The fraction of sp³-hybridized carbons (Fsp3) is 0.0115. The van der Waals surface area contributed by atoms with Gasteiger partial charge in [0.15, 0.2) is 0 Å². The number of aromatic nitrogens is 1. The predicted molar refractivity (Wildman–Crippen MR) is 371 cm³/mol. The Hall–Kier alpha value is -11.4. The van der Waals surface area contributed by atoms with Gasteiger partial charge < -0.3 is 4.57 Å². The van der Waals surface area contributed by atoms with Gasteiger partial charge in [-0.05, 0) is 181 Å². The lowest BCUT2D eigenvalue weighted by atomic mass is 9.67. The van der Waals surface area contributed by atoms with E-state index in [9.17, 15) is 0 Å². The van der Waals surface area contributed by atoms with E-state index < -0.39 is 5.41 Å². The molecule has 1 heteroatoms. The summed E-state index contributed by atoms with van der Waals surface area (Å²) in [5.74, 6) is 0. The van der Waals surface area contributed by atoms with Crippen molar-refractivity contribution in [2.45, 2.75) is 5.41 Å². The summed E-state index contributed by atoms with van der Waals surface area (Å²) < 4.78 is 2.51. The van der Waals surface area contributed by atoms with Gasteiger partial charge in [0.25, 0.3) is 0 Å². The Morgan fingerprint density at radius 1 is 0.193 bits per heavy atom. The largest absolute Gasteiger partial charge is 0.309 e. The Morgan fingerprint density at radius 3 is 1.00 bits per heavy atom. The molecule has 17 rings (SSSR count). The van der Waals surface area contributed by atoms with Gasteiger partial charge in [0.2, 0.25) is 0 Å². The van der Waals surface area contributed by atoms with Gasteiger partial charge in [0.1, 0.15) is 0 Å². The number of benzene rings is 15. The molecular formula is C87H57N. The van der Waals surface area contributed by atoms with Crippen molar-refractivity contribution >= 4 is 43.4 Å². The first-order chi connectivity index (χ1) is 43.6. The van der Waals surface area contributed by atoms with E-state index in [1.165, 1.54) is 144 Å². The molecule has 410 valence electrons. The van der Waals surface area contributed by atoms with Crippen LogP contribution in [0.15, 0.2) is 346 Å². The maximum absolute atomic E-state index is 2.51. The molecule has 0 saturated carbocycles. The van der Waals surface area contributed by atoms with Crippen molar-refractivity contribution in [3.8, 4) is 94.7 Å². The Kier molecular flexibility index (Phi) is 12.2. The number of hydrogen-bond donors (Lipinski definition) is 0. The van der Waals surface area contributed by atoms with Crippen LogP contribution in [0.4, 0.5) is 0 Å². The van der Waals surface area contributed by atoms with Crippen molar-refractivity contribution < 1.29 is 0 Å². The highest BCUT2D eigenvalue weighted by molar-refractivity contribution is 6.14. The molecule has 0 unspecified atom stereocenters. The SMILES string of the molecule is c1ccc(-c2ccc(-c3ccc(-c4ccc5c(c4)c4cc(-c6ccc(-c7ccc(-c8ccccc8)cc7)cc6)ccc4n5-c4ccc5c(c4)C(c4ccccc4)(c4ccccc4)c4cc(-c6cc7ccccc7c7ccccc67)ccc4-5)cc3)cc2)cc1. The van der Waals surface area contributed by atoms with E-state index >= 15 is 0 Å². The molecule has 0 amide bonds. The van der Waals surface area contributed by atoms with Crippen LogP contribution in [0, 0.1) is 0 Å². The molecule has 1 nitrogen and oxygen atoms in total.